The van der Waals surface area contributed by atoms with Gasteiger partial charge in [-0.25, -0.2) is 0 Å². The largest absolute Gasteiger partial charge is 0.359 e. The molecule has 0 aromatic heterocycles. The van der Waals surface area contributed by atoms with E-state index in [1.807, 2.05) is 22.6 Å². The molecule has 0 N–H and O–H groups in total. The lowest BCUT2D eigenvalue weighted by atomic mass is 10.8. The summed E-state index contributed by atoms with van der Waals surface area (Å²) >= 11 is 1.96. The van der Waals surface area contributed by atoms with Gasteiger partial charge in [0.2, 0.25) is 0 Å². The first-order chi connectivity index (χ1) is 3.91. The summed E-state index contributed by atoms with van der Waals surface area (Å²) in [6, 6.07) is 0. The maximum Gasteiger partial charge on any atom is 0.147 e. The van der Waals surface area contributed by atoms with Gasteiger partial charge in [-0.1, -0.05) is 5.92 Å². The fraction of sp³-hybridized carbons (Fsp3) is 0.600. The summed E-state index contributed by atoms with van der Waals surface area (Å²) in [6.07, 6.45) is 0. The van der Waals surface area contributed by atoms with Gasteiger partial charge in [0.25, 0.3) is 0 Å². The van der Waals surface area contributed by atoms with Gasteiger partial charge < -0.3 is 9.47 Å². The van der Waals surface area contributed by atoms with Crippen molar-refractivity contribution in [3.8, 4) is 9.85 Å². The SMILES string of the molecule is COCOCC#CI. The maximum atomic E-state index is 4.82. The molecule has 0 saturated carbocycles. The molecule has 0 aromatic carbocycles. The predicted octanol–water partition coefficient (Wildman–Crippen LogP) is 1.00. The van der Waals surface area contributed by atoms with Crippen LogP contribution in [0.4, 0.5) is 0 Å². The molecule has 0 unspecified atom stereocenters. The molecule has 0 aliphatic heterocycles. The van der Waals surface area contributed by atoms with Crippen LogP contribution in [0.25, 0.3) is 0 Å². The van der Waals surface area contributed by atoms with Crippen LogP contribution in [0.3, 0.4) is 0 Å². The average Bonchev–Trinajstić information content (AvgIpc) is 1.81. The predicted molar refractivity (Wildman–Crippen MR) is 39.6 cm³/mol. The van der Waals surface area contributed by atoms with Gasteiger partial charge in [-0.15, -0.1) is 0 Å². The molecule has 0 rings (SSSR count). The molecule has 3 heteroatoms. The van der Waals surface area contributed by atoms with Crippen LogP contribution < -0.4 is 0 Å². The van der Waals surface area contributed by atoms with Crippen molar-refractivity contribution in [1.82, 2.24) is 0 Å². The summed E-state index contributed by atoms with van der Waals surface area (Å²) in [7, 11) is 1.58. The molecule has 2 nitrogen and oxygen atoms in total. The zero-order chi connectivity index (χ0) is 6.24. The molecule has 0 aliphatic rings. The molecular weight excluding hydrogens is 219 g/mol. The van der Waals surface area contributed by atoms with Crippen LogP contribution in [0.2, 0.25) is 0 Å². The van der Waals surface area contributed by atoms with Crippen LogP contribution in [0.15, 0.2) is 0 Å². The lowest BCUT2D eigenvalue weighted by Gasteiger charge is -1.93. The molecule has 0 fully saturated rings. The summed E-state index contributed by atoms with van der Waals surface area (Å²) in [5.74, 6) is 2.72. The van der Waals surface area contributed by atoms with Gasteiger partial charge >= 0.3 is 0 Å². The van der Waals surface area contributed by atoms with Gasteiger partial charge in [0.05, 0.1) is 0 Å². The Morgan fingerprint density at radius 3 is 2.88 bits per heavy atom. The Labute approximate surface area is 62.7 Å². The van der Waals surface area contributed by atoms with Crippen molar-refractivity contribution < 1.29 is 9.47 Å². The van der Waals surface area contributed by atoms with Gasteiger partial charge in [-0.2, -0.15) is 0 Å². The first-order valence-electron chi connectivity index (χ1n) is 2.07. The van der Waals surface area contributed by atoms with Gasteiger partial charge in [-0.3, -0.25) is 0 Å². The minimum atomic E-state index is 0.325. The van der Waals surface area contributed by atoms with E-state index in [0.29, 0.717) is 13.4 Å². The Morgan fingerprint density at radius 2 is 2.38 bits per heavy atom. The van der Waals surface area contributed by atoms with Crippen LogP contribution in [-0.2, 0) is 9.47 Å². The number of hydrogen-bond donors (Lipinski definition) is 0. The molecule has 0 heterocycles. The highest BCUT2D eigenvalue weighted by Crippen LogP contribution is 1.74. The number of ether oxygens (including phenoxy) is 2. The van der Waals surface area contributed by atoms with Crippen LogP contribution in [0.5, 0.6) is 0 Å². The van der Waals surface area contributed by atoms with Gasteiger partial charge in [0.15, 0.2) is 0 Å². The number of halogens is 1. The summed E-state index contributed by atoms with van der Waals surface area (Å²) in [5, 5.41) is 0. The molecule has 0 spiro atoms. The fourth-order valence-corrected chi connectivity index (χ4v) is 0.359. The highest BCUT2D eigenvalue weighted by atomic mass is 127. The van der Waals surface area contributed by atoms with E-state index >= 15 is 0 Å². The first kappa shape index (κ1) is 8.21. The Bertz CT molecular complexity index is 92.3. The van der Waals surface area contributed by atoms with Crippen LogP contribution in [-0.4, -0.2) is 20.5 Å². The van der Waals surface area contributed by atoms with Crippen molar-refractivity contribution in [3.05, 3.63) is 0 Å². The molecule has 0 amide bonds. The van der Waals surface area contributed by atoms with Gasteiger partial charge in [-0.05, 0) is 3.93 Å². The van der Waals surface area contributed by atoms with E-state index in [0.717, 1.165) is 0 Å². The minimum absolute atomic E-state index is 0.325. The van der Waals surface area contributed by atoms with Gasteiger partial charge in [0, 0.05) is 29.7 Å². The second-order valence-corrected chi connectivity index (χ2v) is 1.57. The van der Waals surface area contributed by atoms with Crippen molar-refractivity contribution in [2.24, 2.45) is 0 Å². The molecule has 46 valence electrons. The smallest absolute Gasteiger partial charge is 0.147 e. The topological polar surface area (TPSA) is 18.5 Å². The van der Waals surface area contributed by atoms with Gasteiger partial charge in [0.1, 0.15) is 13.4 Å². The Kier molecular flexibility index (Phi) is 7.40. The van der Waals surface area contributed by atoms with Crippen molar-refractivity contribution >= 4 is 22.6 Å². The number of hydrogen-bond acceptors (Lipinski definition) is 2. The van der Waals surface area contributed by atoms with Crippen molar-refractivity contribution in [2.75, 3.05) is 20.5 Å². The van der Waals surface area contributed by atoms with E-state index in [-0.39, 0.29) is 0 Å². The van der Waals surface area contributed by atoms with Crippen LogP contribution in [0, 0.1) is 9.85 Å². The van der Waals surface area contributed by atoms with Crippen molar-refractivity contribution in [1.29, 1.82) is 0 Å². The normalized spacial score (nSPS) is 7.75. The van der Waals surface area contributed by atoms with E-state index in [9.17, 15) is 0 Å². The van der Waals surface area contributed by atoms with E-state index < -0.39 is 0 Å². The monoisotopic (exact) mass is 226 g/mol. The fourth-order valence-electron chi connectivity index (χ4n) is 0.203. The highest BCUT2D eigenvalue weighted by Gasteiger charge is 1.75. The third-order valence-corrected chi connectivity index (χ3v) is 0.824. The lowest BCUT2D eigenvalue weighted by molar-refractivity contribution is -0.0165. The summed E-state index contributed by atoms with van der Waals surface area (Å²) in [6.45, 7) is 0.780. The van der Waals surface area contributed by atoms with Crippen molar-refractivity contribution in [3.63, 3.8) is 0 Å². The third-order valence-electron chi connectivity index (χ3n) is 0.442. The van der Waals surface area contributed by atoms with E-state index in [2.05, 4.69) is 14.6 Å². The number of rotatable bonds is 3. The standard InChI is InChI=1S/C5H7IO2/c1-7-5-8-4-2-3-6/h4-5H2,1H3. The first-order valence-corrected chi connectivity index (χ1v) is 3.15. The minimum Gasteiger partial charge on any atom is -0.359 e. The molecule has 0 radical (unpaired) electrons. The summed E-state index contributed by atoms with van der Waals surface area (Å²) in [5.41, 5.74) is 0. The Morgan fingerprint density at radius 1 is 1.62 bits per heavy atom. The zero-order valence-electron chi connectivity index (χ0n) is 4.61. The van der Waals surface area contributed by atoms with Crippen LogP contribution in [0.1, 0.15) is 0 Å². The quantitative estimate of drug-likeness (QED) is 0.309. The van der Waals surface area contributed by atoms with Crippen molar-refractivity contribution in [2.45, 2.75) is 0 Å². The molecule has 0 atom stereocenters. The Balaban J connectivity index is 2.79. The number of methoxy groups -OCH3 is 1. The Hall–Kier alpha value is 0.210. The molecular formula is C5H7IO2. The third kappa shape index (κ3) is 6.21. The second-order valence-electron chi connectivity index (χ2n) is 1.03. The lowest BCUT2D eigenvalue weighted by Crippen LogP contribution is -1.95. The second kappa shape index (κ2) is 7.21. The average molecular weight is 226 g/mol. The molecule has 8 heavy (non-hydrogen) atoms. The van der Waals surface area contributed by atoms with E-state index in [1.165, 1.54) is 0 Å². The molecule has 0 aliphatic carbocycles. The maximum absolute atomic E-state index is 4.82. The summed E-state index contributed by atoms with van der Waals surface area (Å²) < 4.78 is 12.1. The molecule has 0 bridgehead atoms. The van der Waals surface area contributed by atoms with E-state index in [4.69, 9.17) is 4.74 Å². The molecule has 0 aromatic rings. The highest BCUT2D eigenvalue weighted by molar-refractivity contribution is 14.1. The van der Waals surface area contributed by atoms with Crippen LogP contribution >= 0.6 is 22.6 Å². The zero-order valence-corrected chi connectivity index (χ0v) is 6.77. The summed E-state index contributed by atoms with van der Waals surface area (Å²) in [4.78, 5) is 0. The molecule has 0 saturated heterocycles. The van der Waals surface area contributed by atoms with E-state index in [1.54, 1.807) is 7.11 Å².